The van der Waals surface area contributed by atoms with Crippen molar-refractivity contribution in [3.8, 4) is 0 Å². The second-order valence-corrected chi connectivity index (χ2v) is 8.51. The van der Waals surface area contributed by atoms with Crippen LogP contribution >= 0.6 is 11.3 Å². The highest BCUT2D eigenvalue weighted by Gasteiger charge is 2.22. The molecule has 0 spiro atoms. The SMILES string of the molecule is C[C@H](c1ccc(C(=O)NCc2nc3c(s2)CCCC3)o1)N1CCCCC1. The molecule has 1 aliphatic carbocycles. The molecule has 0 radical (unpaired) electrons. The highest BCUT2D eigenvalue weighted by atomic mass is 32.1. The second kappa shape index (κ2) is 7.92. The van der Waals surface area contributed by atoms with Crippen molar-refractivity contribution in [3.63, 3.8) is 0 Å². The molecule has 140 valence electrons. The van der Waals surface area contributed by atoms with Crippen LogP contribution in [0.3, 0.4) is 0 Å². The third-order valence-electron chi connectivity index (χ3n) is 5.49. The second-order valence-electron chi connectivity index (χ2n) is 7.34. The molecule has 1 aliphatic heterocycles. The molecule has 0 unspecified atom stereocenters. The van der Waals surface area contributed by atoms with Crippen molar-refractivity contribution in [2.45, 2.75) is 64.5 Å². The van der Waals surface area contributed by atoms with Gasteiger partial charge in [-0.15, -0.1) is 11.3 Å². The van der Waals surface area contributed by atoms with E-state index in [-0.39, 0.29) is 11.9 Å². The molecule has 1 amide bonds. The van der Waals surface area contributed by atoms with Crippen LogP contribution in [0.4, 0.5) is 0 Å². The van der Waals surface area contributed by atoms with Crippen LogP contribution in [0.2, 0.25) is 0 Å². The molecule has 1 atom stereocenters. The standard InChI is InChI=1S/C20H27N3O2S/c1-14(23-11-5-2-6-12-23)16-9-10-17(25-16)20(24)21-13-19-22-15-7-3-4-8-18(15)26-19/h9-10,14H,2-8,11-13H2,1H3,(H,21,24)/t14-/m1/s1. The zero-order chi connectivity index (χ0) is 17.9. The summed E-state index contributed by atoms with van der Waals surface area (Å²) in [6.45, 7) is 4.86. The molecular formula is C20H27N3O2S. The smallest absolute Gasteiger partial charge is 0.287 e. The monoisotopic (exact) mass is 373 g/mol. The largest absolute Gasteiger partial charge is 0.454 e. The van der Waals surface area contributed by atoms with E-state index in [0.29, 0.717) is 12.3 Å². The molecule has 6 heteroatoms. The molecular weight excluding hydrogens is 346 g/mol. The summed E-state index contributed by atoms with van der Waals surface area (Å²) in [5.74, 6) is 1.11. The van der Waals surface area contributed by atoms with Crippen LogP contribution in [0.25, 0.3) is 0 Å². The van der Waals surface area contributed by atoms with Crippen molar-refractivity contribution in [1.82, 2.24) is 15.2 Å². The first kappa shape index (κ1) is 17.7. The average molecular weight is 374 g/mol. The lowest BCUT2D eigenvalue weighted by Crippen LogP contribution is -2.32. The van der Waals surface area contributed by atoms with Gasteiger partial charge in [-0.1, -0.05) is 6.42 Å². The molecule has 2 aromatic heterocycles. The van der Waals surface area contributed by atoms with Crippen LogP contribution in [-0.2, 0) is 19.4 Å². The Bertz CT molecular complexity index is 737. The topological polar surface area (TPSA) is 58.4 Å². The Labute approximate surface area is 158 Å². The number of rotatable bonds is 5. The Balaban J connectivity index is 1.35. The van der Waals surface area contributed by atoms with Crippen LogP contribution in [-0.4, -0.2) is 28.9 Å². The van der Waals surface area contributed by atoms with Crippen LogP contribution in [0.1, 0.15) is 77.0 Å². The summed E-state index contributed by atoms with van der Waals surface area (Å²) in [4.78, 5) is 20.9. The molecule has 5 nitrogen and oxygen atoms in total. The normalized spacial score (nSPS) is 19.1. The number of hydrogen-bond acceptors (Lipinski definition) is 5. The lowest BCUT2D eigenvalue weighted by Gasteiger charge is -2.31. The number of piperidine rings is 1. The van der Waals surface area contributed by atoms with Crippen LogP contribution < -0.4 is 5.32 Å². The van der Waals surface area contributed by atoms with Crippen LogP contribution in [0, 0.1) is 0 Å². The number of aromatic nitrogens is 1. The molecule has 4 rings (SSSR count). The number of likely N-dealkylation sites (tertiary alicyclic amines) is 1. The highest BCUT2D eigenvalue weighted by Crippen LogP contribution is 2.27. The summed E-state index contributed by atoms with van der Waals surface area (Å²) in [5.41, 5.74) is 1.24. The zero-order valence-corrected chi connectivity index (χ0v) is 16.2. The van der Waals surface area contributed by atoms with Gasteiger partial charge in [0.2, 0.25) is 0 Å². The van der Waals surface area contributed by atoms with Crippen molar-refractivity contribution >= 4 is 17.2 Å². The Morgan fingerprint density at radius 2 is 2.04 bits per heavy atom. The summed E-state index contributed by atoms with van der Waals surface area (Å²) >= 11 is 1.74. The number of amides is 1. The van der Waals surface area contributed by atoms with E-state index >= 15 is 0 Å². The van der Waals surface area contributed by atoms with Gasteiger partial charge in [-0.05, 0) is 70.7 Å². The van der Waals surface area contributed by atoms with Crippen molar-refractivity contribution in [2.24, 2.45) is 0 Å². The number of nitrogens with zero attached hydrogens (tertiary/aromatic N) is 2. The third kappa shape index (κ3) is 3.86. The van der Waals surface area contributed by atoms with Gasteiger partial charge in [0.1, 0.15) is 10.8 Å². The molecule has 2 aromatic rings. The summed E-state index contributed by atoms with van der Waals surface area (Å²) in [6.07, 6.45) is 8.51. The highest BCUT2D eigenvalue weighted by molar-refractivity contribution is 7.11. The predicted molar refractivity (Wildman–Crippen MR) is 102 cm³/mol. The Morgan fingerprint density at radius 1 is 1.23 bits per heavy atom. The maximum Gasteiger partial charge on any atom is 0.287 e. The first-order valence-corrected chi connectivity index (χ1v) is 10.6. The molecule has 2 aliphatic rings. The fourth-order valence-electron chi connectivity index (χ4n) is 3.91. The Kier molecular flexibility index (Phi) is 5.41. The molecule has 0 saturated carbocycles. The minimum absolute atomic E-state index is 0.157. The quantitative estimate of drug-likeness (QED) is 0.857. The number of hydrogen-bond donors (Lipinski definition) is 1. The van der Waals surface area contributed by atoms with Crippen LogP contribution in [0.15, 0.2) is 16.5 Å². The first-order chi connectivity index (χ1) is 12.7. The fourth-order valence-corrected chi connectivity index (χ4v) is 5.01. The van der Waals surface area contributed by atoms with Crippen molar-refractivity contribution in [2.75, 3.05) is 13.1 Å². The van der Waals surface area contributed by atoms with E-state index < -0.39 is 0 Å². The van der Waals surface area contributed by atoms with Gasteiger partial charge in [0.05, 0.1) is 18.3 Å². The van der Waals surface area contributed by atoms with Gasteiger partial charge < -0.3 is 9.73 Å². The summed E-state index contributed by atoms with van der Waals surface area (Å²) in [6, 6.07) is 3.96. The molecule has 1 saturated heterocycles. The molecule has 3 heterocycles. The lowest BCUT2D eigenvalue weighted by molar-refractivity contribution is 0.0914. The van der Waals surface area contributed by atoms with E-state index in [1.165, 1.54) is 42.7 Å². The maximum atomic E-state index is 12.4. The number of aryl methyl sites for hydroxylation is 2. The lowest BCUT2D eigenvalue weighted by atomic mass is 10.0. The van der Waals surface area contributed by atoms with Crippen molar-refractivity contribution < 1.29 is 9.21 Å². The molecule has 0 bridgehead atoms. The first-order valence-electron chi connectivity index (χ1n) is 9.80. The zero-order valence-electron chi connectivity index (χ0n) is 15.4. The number of carbonyl (C=O) groups excluding carboxylic acids is 1. The molecule has 0 aromatic carbocycles. The number of nitrogens with one attached hydrogen (secondary N) is 1. The van der Waals surface area contributed by atoms with E-state index in [9.17, 15) is 4.79 Å². The van der Waals surface area contributed by atoms with Crippen molar-refractivity contribution in [1.29, 1.82) is 0 Å². The van der Waals surface area contributed by atoms with Gasteiger partial charge in [-0.2, -0.15) is 0 Å². The van der Waals surface area contributed by atoms with Gasteiger partial charge >= 0.3 is 0 Å². The van der Waals surface area contributed by atoms with E-state index in [2.05, 4.69) is 22.1 Å². The van der Waals surface area contributed by atoms with Gasteiger partial charge in [-0.3, -0.25) is 9.69 Å². The van der Waals surface area contributed by atoms with E-state index in [1.807, 2.05) is 6.07 Å². The summed E-state index contributed by atoms with van der Waals surface area (Å²) in [7, 11) is 0. The Hall–Kier alpha value is -1.66. The molecule has 1 fully saturated rings. The van der Waals surface area contributed by atoms with Gasteiger partial charge in [0.25, 0.3) is 5.91 Å². The van der Waals surface area contributed by atoms with Crippen molar-refractivity contribution in [3.05, 3.63) is 39.2 Å². The minimum atomic E-state index is -0.157. The molecule has 26 heavy (non-hydrogen) atoms. The average Bonchev–Trinajstić information content (AvgIpc) is 3.33. The van der Waals surface area contributed by atoms with E-state index in [0.717, 1.165) is 36.7 Å². The number of carbonyl (C=O) groups is 1. The molecule has 1 N–H and O–H groups in total. The number of fused-ring (bicyclic) bond motifs is 1. The van der Waals surface area contributed by atoms with E-state index in [1.54, 1.807) is 17.4 Å². The minimum Gasteiger partial charge on any atom is -0.454 e. The maximum absolute atomic E-state index is 12.4. The fraction of sp³-hybridized carbons (Fsp3) is 0.600. The van der Waals surface area contributed by atoms with Gasteiger partial charge in [0.15, 0.2) is 5.76 Å². The predicted octanol–water partition coefficient (Wildman–Crippen LogP) is 4.09. The summed E-state index contributed by atoms with van der Waals surface area (Å²) in [5, 5.41) is 3.96. The van der Waals surface area contributed by atoms with Gasteiger partial charge in [0, 0.05) is 4.88 Å². The summed E-state index contributed by atoms with van der Waals surface area (Å²) < 4.78 is 5.86. The van der Waals surface area contributed by atoms with Crippen LogP contribution in [0.5, 0.6) is 0 Å². The Morgan fingerprint density at radius 3 is 2.85 bits per heavy atom. The van der Waals surface area contributed by atoms with E-state index in [4.69, 9.17) is 4.42 Å². The van der Waals surface area contributed by atoms with Gasteiger partial charge in [-0.25, -0.2) is 4.98 Å². The third-order valence-corrected chi connectivity index (χ3v) is 6.65. The number of thiazole rings is 1. The number of furan rings is 1.